The second-order valence-corrected chi connectivity index (χ2v) is 17.3. The third-order valence-corrected chi connectivity index (χ3v) is 11.7. The van der Waals surface area contributed by atoms with E-state index in [1.54, 1.807) is 5.10 Å². The molecule has 5 aromatic rings. The predicted octanol–water partition coefficient (Wildman–Crippen LogP) is 6.96. The molecular weight excluding hydrogens is 1070 g/mol. The molecule has 2 aliphatic rings. The lowest BCUT2D eigenvalue weighted by molar-refractivity contribution is -0.143. The molecule has 1 fully saturated rings. The molecule has 1 saturated heterocycles. The van der Waals surface area contributed by atoms with Crippen LogP contribution in [0.2, 0.25) is 0 Å². The van der Waals surface area contributed by atoms with E-state index in [-0.39, 0.29) is 101 Å². The Bertz CT molecular complexity index is 3020. The molecule has 1 atom stereocenters. The number of fused-ring (bicyclic) bond motifs is 1. The predicted molar refractivity (Wildman–Crippen MR) is 258 cm³/mol. The number of phenolic OH excluding ortho intramolecular Hbond substituents is 1. The highest BCUT2D eigenvalue weighted by atomic mass is 19.4. The van der Waals surface area contributed by atoms with Crippen molar-refractivity contribution in [2.45, 2.75) is 44.0 Å². The number of hydrogen-bond donors (Lipinski definition) is 6. The molecule has 1 aromatic heterocycles. The van der Waals surface area contributed by atoms with Gasteiger partial charge in [0.15, 0.2) is 0 Å². The van der Waals surface area contributed by atoms with E-state index in [0.717, 1.165) is 17.0 Å². The van der Waals surface area contributed by atoms with Crippen molar-refractivity contribution in [3.05, 3.63) is 124 Å². The van der Waals surface area contributed by atoms with Crippen molar-refractivity contribution in [3.63, 3.8) is 0 Å². The maximum Gasteiger partial charge on any atom is 0.432 e. The van der Waals surface area contributed by atoms with Gasteiger partial charge in [0, 0.05) is 30.4 Å². The first kappa shape index (κ1) is 58.5. The molecule has 0 aliphatic carbocycles. The Labute approximate surface area is 442 Å². The fraction of sp³-hybridized carbons (Fsp3) is 0.333. The number of imide groups is 2. The van der Waals surface area contributed by atoms with Crippen LogP contribution in [0.25, 0.3) is 22.4 Å². The molecule has 4 aromatic carbocycles. The van der Waals surface area contributed by atoms with Gasteiger partial charge in [0.05, 0.1) is 85.5 Å². The van der Waals surface area contributed by atoms with Gasteiger partial charge in [0.1, 0.15) is 48.8 Å². The summed E-state index contributed by atoms with van der Waals surface area (Å²) in [6.45, 7) is 1.07. The number of halogens is 9. The van der Waals surface area contributed by atoms with E-state index < -0.39 is 105 Å². The second kappa shape index (κ2) is 25.5. The van der Waals surface area contributed by atoms with Gasteiger partial charge in [-0.25, -0.2) is 0 Å². The molecule has 79 heavy (non-hydrogen) atoms. The van der Waals surface area contributed by atoms with Crippen molar-refractivity contribution in [2.24, 2.45) is 5.73 Å². The number of phenols is 1. The molecule has 7 N–H and O–H groups in total. The average molecular weight is 1120 g/mol. The van der Waals surface area contributed by atoms with Gasteiger partial charge in [-0.2, -0.15) is 44.6 Å². The van der Waals surface area contributed by atoms with E-state index in [2.05, 4.69) is 21.0 Å². The minimum atomic E-state index is -5.27. The van der Waals surface area contributed by atoms with Crippen LogP contribution in [0.1, 0.15) is 55.9 Å². The fourth-order valence-electron chi connectivity index (χ4n) is 7.89. The number of aromatic hydroxyl groups is 1. The number of ether oxygens (including phenoxy) is 6. The summed E-state index contributed by atoms with van der Waals surface area (Å²) in [4.78, 5) is 63.5. The topological polar surface area (TPSA) is 255 Å². The van der Waals surface area contributed by atoms with E-state index >= 15 is 0 Å². The number of nitrogens with two attached hydrogens (primary N) is 1. The van der Waals surface area contributed by atoms with Crippen LogP contribution >= 0.6 is 0 Å². The largest absolute Gasteiger partial charge is 0.506 e. The van der Waals surface area contributed by atoms with Crippen molar-refractivity contribution in [2.75, 3.05) is 71.3 Å². The minimum absolute atomic E-state index is 0.00186. The lowest BCUT2D eigenvalue weighted by Gasteiger charge is -2.27. The number of carbonyl (C=O) groups excluding carboxylic acids is 5. The quantitative estimate of drug-likeness (QED) is 0.0196. The monoisotopic (exact) mass is 1120 g/mol. The van der Waals surface area contributed by atoms with Crippen LogP contribution in [-0.4, -0.2) is 122 Å². The number of rotatable bonds is 25. The Morgan fingerprint density at radius 2 is 1.35 bits per heavy atom. The summed E-state index contributed by atoms with van der Waals surface area (Å²) >= 11 is 0. The molecule has 3 heterocycles. The molecule has 28 heteroatoms. The highest BCUT2D eigenvalue weighted by Gasteiger charge is 2.46. The van der Waals surface area contributed by atoms with E-state index in [0.29, 0.717) is 42.6 Å². The van der Waals surface area contributed by atoms with Gasteiger partial charge in [-0.15, -0.1) is 0 Å². The van der Waals surface area contributed by atoms with Crippen molar-refractivity contribution >= 4 is 35.2 Å². The highest BCUT2D eigenvalue weighted by Crippen LogP contribution is 2.48. The zero-order valence-electron chi connectivity index (χ0n) is 41.2. The van der Waals surface area contributed by atoms with Gasteiger partial charge >= 0.3 is 18.5 Å². The number of aromatic amines is 1. The van der Waals surface area contributed by atoms with E-state index in [1.807, 2.05) is 0 Å². The van der Waals surface area contributed by atoms with Crippen molar-refractivity contribution in [1.29, 1.82) is 0 Å². The van der Waals surface area contributed by atoms with Crippen molar-refractivity contribution in [3.8, 4) is 39.6 Å². The number of H-pyrrole nitrogens is 1. The molecule has 1 unspecified atom stereocenters. The summed E-state index contributed by atoms with van der Waals surface area (Å²) in [5.74, 6) is -4.43. The summed E-state index contributed by atoms with van der Waals surface area (Å²) in [7, 11) is 0. The van der Waals surface area contributed by atoms with E-state index in [9.17, 15) is 68.6 Å². The van der Waals surface area contributed by atoms with Crippen molar-refractivity contribution < 1.29 is 97.0 Å². The number of hydrogen-bond acceptors (Lipinski definition) is 15. The average Bonchev–Trinajstić information content (AvgIpc) is 4.22. The molecular formula is C51H48F9N7O12. The molecule has 19 nitrogen and oxygen atoms in total. The lowest BCUT2D eigenvalue weighted by Crippen LogP contribution is -2.54. The van der Waals surface area contributed by atoms with Crippen LogP contribution in [0.15, 0.2) is 90.8 Å². The zero-order valence-corrected chi connectivity index (χ0v) is 41.2. The Kier molecular flexibility index (Phi) is 18.9. The van der Waals surface area contributed by atoms with Crippen molar-refractivity contribution in [1.82, 2.24) is 25.7 Å². The van der Waals surface area contributed by atoms with Gasteiger partial charge in [-0.05, 0) is 78.2 Å². The number of benzene rings is 4. The molecule has 7 rings (SSSR count). The first-order valence-electron chi connectivity index (χ1n) is 23.8. The van der Waals surface area contributed by atoms with E-state index in [1.165, 1.54) is 48.7 Å². The normalized spacial score (nSPS) is 15.1. The smallest absolute Gasteiger partial charge is 0.432 e. The molecule has 422 valence electrons. The number of alkyl halides is 9. The maximum atomic E-state index is 13.8. The molecule has 0 bridgehead atoms. The minimum Gasteiger partial charge on any atom is -0.506 e. The van der Waals surface area contributed by atoms with Gasteiger partial charge in [0.25, 0.3) is 11.8 Å². The number of amides is 5. The van der Waals surface area contributed by atoms with Crippen LogP contribution in [0.3, 0.4) is 0 Å². The number of anilines is 1. The number of nitrogens with one attached hydrogen (secondary N) is 4. The van der Waals surface area contributed by atoms with Gasteiger partial charge in [-0.3, -0.25) is 39.3 Å². The van der Waals surface area contributed by atoms with Crippen LogP contribution in [0.4, 0.5) is 45.2 Å². The molecule has 0 saturated carbocycles. The number of piperidine rings is 1. The Morgan fingerprint density at radius 1 is 0.722 bits per heavy atom. The molecule has 0 radical (unpaired) electrons. The summed E-state index contributed by atoms with van der Waals surface area (Å²) in [6.07, 6.45) is -13.9. The standard InChI is InChI=1S/C51H48F9N7O12/c52-49(53,54)30-20-29(21-31(22-30)50(55,56)57)43-39(10-8-34(45(43)70)36-23-40(66-65-36)51(58,59)60)78-25-28-4-6-33(7-5-28)63-42(69)27-77-19-18-76-17-16-75-15-14-74-13-12-62-24-32(61)26-79-38-3-1-2-35-44(38)48(73)67(47(35)72)37-9-11-41(68)64-46(37)71/h1-8,10,20-24,37,62,70H,9,11-19,25-27,61H2,(H,63,69)(H,65,66)(H,64,68,71)/b32-24-. The summed E-state index contributed by atoms with van der Waals surface area (Å²) < 4.78 is 156. The second-order valence-electron chi connectivity index (χ2n) is 17.3. The third-order valence-electron chi connectivity index (χ3n) is 11.7. The van der Waals surface area contributed by atoms with Crippen LogP contribution in [-0.2, 0) is 58.5 Å². The zero-order chi connectivity index (χ0) is 57.1. The summed E-state index contributed by atoms with van der Waals surface area (Å²) in [5, 5.41) is 24.3. The Hall–Kier alpha value is -8.21. The SMILES string of the molecule is N/C(=C\NCCOCCOCCOCCOCC(=O)Nc1ccc(COc2ccc(-c3cc(C(F)(F)F)[nH]n3)c(O)c2-c2cc(C(F)(F)F)cc(C(F)(F)F)c2)cc1)COc1cccc2c1C(=O)N(C1CCC(=O)NC1=O)C2=O. The number of carbonyl (C=O) groups is 5. The van der Waals surface area contributed by atoms with Gasteiger partial charge < -0.3 is 49.9 Å². The van der Waals surface area contributed by atoms with Gasteiger partial charge in [-0.1, -0.05) is 18.2 Å². The number of nitrogens with zero attached hydrogens (tertiary/aromatic N) is 2. The summed E-state index contributed by atoms with van der Waals surface area (Å²) in [6, 6.07) is 12.4. The van der Waals surface area contributed by atoms with Crippen LogP contribution in [0.5, 0.6) is 17.2 Å². The maximum absolute atomic E-state index is 13.8. The van der Waals surface area contributed by atoms with Crippen LogP contribution < -0.4 is 31.2 Å². The molecule has 5 amide bonds. The fourth-order valence-corrected chi connectivity index (χ4v) is 7.89. The Morgan fingerprint density at radius 3 is 1.97 bits per heavy atom. The lowest BCUT2D eigenvalue weighted by atomic mass is 9.95. The molecule has 0 spiro atoms. The van der Waals surface area contributed by atoms with E-state index in [4.69, 9.17) is 34.2 Å². The third kappa shape index (κ3) is 15.3. The highest BCUT2D eigenvalue weighted by molar-refractivity contribution is 6.24. The van der Waals surface area contributed by atoms with Gasteiger partial charge in [0.2, 0.25) is 17.7 Å². The Balaban J connectivity index is 0.765. The first-order chi connectivity index (χ1) is 37.5. The number of aromatic nitrogens is 2. The summed E-state index contributed by atoms with van der Waals surface area (Å²) in [5.41, 5.74) is -0.184. The first-order valence-corrected chi connectivity index (χ1v) is 23.8. The molecule has 2 aliphatic heterocycles. The van der Waals surface area contributed by atoms with Crippen LogP contribution in [0, 0.1) is 0 Å².